The van der Waals surface area contributed by atoms with Crippen molar-refractivity contribution in [2.24, 2.45) is 11.7 Å². The molecule has 0 radical (unpaired) electrons. The van der Waals surface area contributed by atoms with Crippen LogP contribution in [-0.2, 0) is 22.6 Å². The molecule has 2 N–H and O–H groups in total. The largest absolute Gasteiger partial charge is 0.492 e. The Bertz CT molecular complexity index is 1430. The lowest BCUT2D eigenvalue weighted by Gasteiger charge is -2.28. The number of amides is 3. The quantitative estimate of drug-likeness (QED) is 0.407. The molecule has 2 heterocycles. The van der Waals surface area contributed by atoms with Crippen molar-refractivity contribution in [1.29, 1.82) is 0 Å². The highest BCUT2D eigenvalue weighted by Crippen LogP contribution is 2.48. The van der Waals surface area contributed by atoms with Crippen molar-refractivity contribution in [3.63, 3.8) is 0 Å². The lowest BCUT2D eigenvalue weighted by atomic mass is 10.1. The van der Waals surface area contributed by atoms with Gasteiger partial charge in [-0.05, 0) is 74.3 Å². The van der Waals surface area contributed by atoms with Gasteiger partial charge < -0.3 is 20.3 Å². The van der Waals surface area contributed by atoms with Gasteiger partial charge in [0, 0.05) is 29.2 Å². The number of fused-ring (bicyclic) bond motifs is 2. The summed E-state index contributed by atoms with van der Waals surface area (Å²) < 4.78 is 22.1. The number of hydrogen-bond acceptors (Lipinski definition) is 5. The highest BCUT2D eigenvalue weighted by molar-refractivity contribution is 6.30. The Hall–Kier alpha value is -3.63. The minimum Gasteiger partial charge on any atom is -0.492 e. The van der Waals surface area contributed by atoms with Gasteiger partial charge in [0.05, 0.1) is 18.5 Å². The number of carbonyl (C=O) groups is 3. The summed E-state index contributed by atoms with van der Waals surface area (Å²) in [4.78, 5) is 42.3. The first-order valence-corrected chi connectivity index (χ1v) is 13.2. The van der Waals surface area contributed by atoms with Crippen molar-refractivity contribution in [2.75, 3.05) is 27.2 Å². The van der Waals surface area contributed by atoms with Crippen molar-refractivity contribution in [2.45, 2.75) is 37.9 Å². The number of benzene rings is 2. The predicted molar refractivity (Wildman–Crippen MR) is 145 cm³/mol. The third kappa shape index (κ3) is 5.72. The van der Waals surface area contributed by atoms with E-state index >= 15 is 0 Å². The normalized spacial score (nSPS) is 19.8. The van der Waals surface area contributed by atoms with Crippen LogP contribution in [0.5, 0.6) is 5.75 Å². The number of halogens is 2. The van der Waals surface area contributed by atoms with E-state index in [0.29, 0.717) is 45.8 Å². The lowest BCUT2D eigenvalue weighted by Crippen LogP contribution is -2.47. The summed E-state index contributed by atoms with van der Waals surface area (Å²) in [6.07, 6.45) is 2.71. The van der Waals surface area contributed by atoms with E-state index in [1.54, 1.807) is 48.7 Å². The molecule has 0 spiro atoms. The molecule has 1 saturated carbocycles. The Balaban J connectivity index is 1.35. The van der Waals surface area contributed by atoms with Crippen LogP contribution in [0.2, 0.25) is 5.02 Å². The molecule has 1 aliphatic heterocycles. The molecule has 206 valence electrons. The highest BCUT2D eigenvalue weighted by Gasteiger charge is 2.56. The number of carbonyl (C=O) groups excluding carboxylic acids is 3. The second-order valence-corrected chi connectivity index (χ2v) is 10.9. The number of aromatic nitrogens is 1. The summed E-state index contributed by atoms with van der Waals surface area (Å²) >= 11 is 5.99. The van der Waals surface area contributed by atoms with E-state index in [-0.39, 0.29) is 36.0 Å². The van der Waals surface area contributed by atoms with Gasteiger partial charge in [0.25, 0.3) is 5.91 Å². The minimum atomic E-state index is -0.875. The summed E-state index contributed by atoms with van der Waals surface area (Å²) in [6.45, 7) is 0.941. The summed E-state index contributed by atoms with van der Waals surface area (Å²) in [5.74, 6) is -0.249. The summed E-state index contributed by atoms with van der Waals surface area (Å²) in [5.41, 5.74) is 7.28. The van der Waals surface area contributed by atoms with Crippen LogP contribution in [0.3, 0.4) is 0 Å². The average Bonchev–Trinajstić information content (AvgIpc) is 3.39. The second kappa shape index (κ2) is 10.9. The molecule has 1 saturated heterocycles. The monoisotopic (exact) mass is 555 g/mol. The molecule has 3 amide bonds. The molecular weight excluding hydrogens is 525 g/mol. The van der Waals surface area contributed by atoms with Gasteiger partial charge in [-0.25, -0.2) is 4.79 Å². The van der Waals surface area contributed by atoms with Gasteiger partial charge in [0.1, 0.15) is 18.4 Å². The van der Waals surface area contributed by atoms with E-state index in [2.05, 4.69) is 0 Å². The zero-order valence-corrected chi connectivity index (χ0v) is 22.6. The Kier molecular flexibility index (Phi) is 7.51. The molecule has 3 atom stereocenters. The number of likely N-dealkylation sites (tertiary alicyclic amines) is 1. The predicted octanol–water partition coefficient (Wildman–Crippen LogP) is 3.61. The number of hydrogen-bond donors (Lipinski definition) is 1. The Labute approximate surface area is 230 Å². The topological polar surface area (TPSA) is 101 Å². The van der Waals surface area contributed by atoms with E-state index in [9.17, 15) is 18.9 Å². The van der Waals surface area contributed by atoms with Crippen LogP contribution in [0.25, 0.3) is 10.9 Å². The first-order valence-electron chi connectivity index (χ1n) is 12.9. The Morgan fingerprint density at radius 1 is 1.15 bits per heavy atom. The number of nitrogens with zero attached hydrogens (tertiary/aromatic N) is 4. The molecule has 1 aliphatic carbocycles. The van der Waals surface area contributed by atoms with Crippen molar-refractivity contribution in [3.8, 4) is 5.75 Å². The first kappa shape index (κ1) is 27.0. The molecular formula is C28H31ClFN5O4. The van der Waals surface area contributed by atoms with E-state index in [1.165, 1.54) is 9.47 Å². The molecule has 0 unspecified atom stereocenters. The van der Waals surface area contributed by atoms with Gasteiger partial charge in [-0.2, -0.15) is 5.12 Å². The molecule has 1 aromatic heterocycles. The maximum Gasteiger partial charge on any atom is 0.323 e. The average molecular weight is 556 g/mol. The molecule has 9 nitrogen and oxygen atoms in total. The fourth-order valence-electron chi connectivity index (χ4n) is 5.36. The lowest BCUT2D eigenvalue weighted by molar-refractivity contribution is -0.157. The number of nitrogens with two attached hydrogens (primary N) is 1. The van der Waals surface area contributed by atoms with E-state index in [4.69, 9.17) is 22.1 Å². The molecule has 0 bridgehead atoms. The Morgan fingerprint density at radius 2 is 1.95 bits per heavy atom. The number of likely N-dealkylation sites (N-methyl/N-ethyl adjacent to an activating group) is 1. The van der Waals surface area contributed by atoms with Crippen LogP contribution in [0.4, 0.5) is 9.28 Å². The van der Waals surface area contributed by atoms with Crippen molar-refractivity contribution >= 4 is 40.3 Å². The van der Waals surface area contributed by atoms with Gasteiger partial charge in [-0.15, -0.1) is 0 Å². The smallest absolute Gasteiger partial charge is 0.323 e. The van der Waals surface area contributed by atoms with Gasteiger partial charge in [0.2, 0.25) is 5.91 Å². The molecule has 5 rings (SSSR count). The fraction of sp³-hybridized carbons (Fsp3) is 0.393. The van der Waals surface area contributed by atoms with Gasteiger partial charge in [0.15, 0.2) is 0 Å². The standard InChI is InChI=1S/C28H31ClFN5O4/c1-32(2)8-9-39-21-6-7-23-22(14-21)19(16-33(23)28(31)38)13-26(36)35-24-11-18(24)12-25(35)27(37)34(30)15-17-4-3-5-20(29)10-17/h3-7,10,14,16,18,24-25H,8-9,11-13,15H2,1-2H3,(H2,31,38)/t18-,24-,25+/m1/s1. The first-order chi connectivity index (χ1) is 18.6. The molecule has 39 heavy (non-hydrogen) atoms. The van der Waals surface area contributed by atoms with Crippen molar-refractivity contribution < 1.29 is 23.6 Å². The molecule has 2 aromatic carbocycles. The van der Waals surface area contributed by atoms with Crippen LogP contribution >= 0.6 is 11.6 Å². The fourth-order valence-corrected chi connectivity index (χ4v) is 5.57. The highest BCUT2D eigenvalue weighted by atomic mass is 35.5. The maximum atomic E-state index is 15.0. The van der Waals surface area contributed by atoms with Crippen LogP contribution in [0, 0.1) is 5.92 Å². The molecule has 11 heteroatoms. The van der Waals surface area contributed by atoms with Crippen molar-refractivity contribution in [3.05, 3.63) is 64.8 Å². The number of rotatable bonds is 9. The van der Waals surface area contributed by atoms with E-state index in [1.807, 2.05) is 19.0 Å². The van der Waals surface area contributed by atoms with Gasteiger partial charge in [-0.3, -0.25) is 14.2 Å². The van der Waals surface area contributed by atoms with Crippen LogP contribution in [-0.4, -0.2) is 76.7 Å². The third-order valence-electron chi connectivity index (χ3n) is 7.37. The van der Waals surface area contributed by atoms with Gasteiger partial charge >= 0.3 is 6.03 Å². The van der Waals surface area contributed by atoms with Gasteiger partial charge in [-0.1, -0.05) is 28.2 Å². The van der Waals surface area contributed by atoms with E-state index in [0.717, 1.165) is 13.0 Å². The summed E-state index contributed by atoms with van der Waals surface area (Å²) in [7, 11) is 3.90. The zero-order chi connectivity index (χ0) is 27.8. The number of primary amides is 1. The van der Waals surface area contributed by atoms with E-state index < -0.39 is 18.0 Å². The zero-order valence-electron chi connectivity index (χ0n) is 21.8. The van der Waals surface area contributed by atoms with Crippen LogP contribution in [0.15, 0.2) is 48.7 Å². The third-order valence-corrected chi connectivity index (χ3v) is 7.61. The maximum absolute atomic E-state index is 15.0. The number of piperidine rings is 1. The van der Waals surface area contributed by atoms with Crippen LogP contribution < -0.4 is 10.5 Å². The summed E-state index contributed by atoms with van der Waals surface area (Å²) in [6, 6.07) is 10.3. The molecule has 2 aliphatic rings. The second-order valence-electron chi connectivity index (χ2n) is 10.5. The summed E-state index contributed by atoms with van der Waals surface area (Å²) in [5, 5.41) is 1.28. The van der Waals surface area contributed by atoms with Crippen LogP contribution in [0.1, 0.15) is 24.0 Å². The minimum absolute atomic E-state index is 0.0640. The molecule has 2 fully saturated rings. The molecule has 3 aromatic rings. The Morgan fingerprint density at radius 3 is 2.67 bits per heavy atom. The SMILES string of the molecule is CN(C)CCOc1ccc2c(c1)c(CC(=O)N1[C@@H]3C[C@@H]3C[C@H]1C(=O)N(F)Cc1cccc(Cl)c1)cn2C(N)=O. The number of ether oxygens (including phenoxy) is 1. The van der Waals surface area contributed by atoms with Crippen molar-refractivity contribution in [1.82, 2.24) is 19.5 Å².